The molecule has 2 unspecified atom stereocenters. The Bertz CT molecular complexity index is 1140. The number of hydrogen-bond donors (Lipinski definition) is 4. The first-order valence-electron chi connectivity index (χ1n) is 12.6. The number of amides is 2. The number of aryl methyl sites for hydroxylation is 2. The minimum atomic E-state index is -1.94. The lowest BCUT2D eigenvalue weighted by atomic mass is 9.89. The highest BCUT2D eigenvalue weighted by atomic mass is 32.1. The smallest absolute Gasteiger partial charge is 0.253 e. The number of nitrogens with one attached hydrogen (secondary N) is 2. The fraction of sp³-hybridized carbons (Fsp3) is 0.300. The van der Waals surface area contributed by atoms with E-state index in [9.17, 15) is 14.7 Å². The van der Waals surface area contributed by atoms with E-state index in [2.05, 4.69) is 22.8 Å². The van der Waals surface area contributed by atoms with E-state index in [1.165, 1.54) is 5.56 Å². The van der Waals surface area contributed by atoms with Crippen LogP contribution in [0.1, 0.15) is 36.0 Å². The Balaban J connectivity index is 1.68. The van der Waals surface area contributed by atoms with Crippen molar-refractivity contribution < 1.29 is 14.7 Å². The summed E-state index contributed by atoms with van der Waals surface area (Å²) in [6.07, 6.45) is 2.23. The maximum atomic E-state index is 13.4. The van der Waals surface area contributed by atoms with Crippen LogP contribution >= 0.6 is 12.2 Å². The highest BCUT2D eigenvalue weighted by Gasteiger charge is 2.38. The summed E-state index contributed by atoms with van der Waals surface area (Å²) < 4.78 is 0. The molecule has 3 aromatic rings. The minimum absolute atomic E-state index is 0.0567. The number of carbonyl (C=O) groups excluding carboxylic acids is 2. The van der Waals surface area contributed by atoms with Crippen molar-refractivity contribution in [2.75, 3.05) is 6.54 Å². The van der Waals surface area contributed by atoms with Gasteiger partial charge in [0, 0.05) is 6.54 Å². The second-order valence-electron chi connectivity index (χ2n) is 9.26. The van der Waals surface area contributed by atoms with Gasteiger partial charge in [-0.05, 0) is 48.8 Å². The molecule has 5 N–H and O–H groups in total. The van der Waals surface area contributed by atoms with Crippen LogP contribution in [0.2, 0.25) is 0 Å². The summed E-state index contributed by atoms with van der Waals surface area (Å²) in [5.74, 6) is -1.40. The van der Waals surface area contributed by atoms with E-state index in [1.807, 2.05) is 78.9 Å². The van der Waals surface area contributed by atoms with Crippen molar-refractivity contribution in [2.45, 2.75) is 50.2 Å². The van der Waals surface area contributed by atoms with Gasteiger partial charge in [-0.2, -0.15) is 0 Å². The molecule has 0 bridgehead atoms. The fourth-order valence-corrected chi connectivity index (χ4v) is 4.43. The third-order valence-electron chi connectivity index (χ3n) is 6.25. The van der Waals surface area contributed by atoms with Crippen molar-refractivity contribution in [1.82, 2.24) is 10.6 Å². The quantitative estimate of drug-likeness (QED) is 0.194. The molecule has 0 heterocycles. The van der Waals surface area contributed by atoms with Gasteiger partial charge >= 0.3 is 0 Å². The topological polar surface area (TPSA) is 104 Å². The van der Waals surface area contributed by atoms with Crippen molar-refractivity contribution in [3.63, 3.8) is 0 Å². The molecule has 0 fully saturated rings. The molecule has 0 aromatic heterocycles. The number of thiocarbonyl (C=S) groups is 1. The molecule has 2 atom stereocenters. The second kappa shape index (κ2) is 14.3. The predicted octanol–water partition coefficient (Wildman–Crippen LogP) is 3.50. The van der Waals surface area contributed by atoms with Gasteiger partial charge in [-0.15, -0.1) is 0 Å². The number of nitrogens with two attached hydrogens (primary N) is 1. The molecule has 0 aliphatic rings. The Morgan fingerprint density at radius 3 is 1.89 bits per heavy atom. The molecule has 0 aliphatic carbocycles. The average Bonchev–Trinajstić information content (AvgIpc) is 2.91. The van der Waals surface area contributed by atoms with Crippen LogP contribution in [0.15, 0.2) is 91.0 Å². The fourth-order valence-electron chi connectivity index (χ4n) is 4.19. The van der Waals surface area contributed by atoms with Crippen molar-refractivity contribution in [2.24, 2.45) is 5.73 Å². The lowest BCUT2D eigenvalue weighted by Gasteiger charge is -2.29. The number of benzene rings is 3. The molecule has 3 rings (SSSR count). The SMILES string of the molecule is NC(=O)CC(O)(CCc1ccccc1)C(=O)NC(Cc1ccccc1)C(=S)NCCCc1ccccc1. The van der Waals surface area contributed by atoms with Crippen LogP contribution in [-0.2, 0) is 28.9 Å². The van der Waals surface area contributed by atoms with Crippen LogP contribution in [-0.4, -0.2) is 40.1 Å². The molecule has 0 spiro atoms. The first kappa shape index (κ1) is 28.0. The summed E-state index contributed by atoms with van der Waals surface area (Å²) in [5, 5.41) is 17.4. The molecular weight excluding hydrogens is 482 g/mol. The van der Waals surface area contributed by atoms with Crippen molar-refractivity contribution in [3.05, 3.63) is 108 Å². The van der Waals surface area contributed by atoms with E-state index >= 15 is 0 Å². The molecule has 37 heavy (non-hydrogen) atoms. The molecule has 6 nitrogen and oxygen atoms in total. The van der Waals surface area contributed by atoms with Crippen LogP contribution in [0.5, 0.6) is 0 Å². The first-order chi connectivity index (χ1) is 17.9. The largest absolute Gasteiger partial charge is 0.379 e. The molecule has 3 aromatic carbocycles. The van der Waals surface area contributed by atoms with E-state index in [1.54, 1.807) is 0 Å². The van der Waals surface area contributed by atoms with Crippen molar-refractivity contribution >= 4 is 29.0 Å². The standard InChI is InChI=1S/C30H35N3O3S/c31-27(34)22-30(36,19-18-24-13-6-2-7-14-24)29(35)33-26(21-25-15-8-3-9-16-25)28(37)32-20-10-17-23-11-4-1-5-12-23/h1-9,11-16,26,36H,10,17-22H2,(H2,31,34)(H,32,37)(H,33,35). The first-order valence-corrected chi connectivity index (χ1v) is 13.0. The van der Waals surface area contributed by atoms with Gasteiger partial charge in [0.2, 0.25) is 5.91 Å². The zero-order valence-corrected chi connectivity index (χ0v) is 21.8. The maximum Gasteiger partial charge on any atom is 0.253 e. The Morgan fingerprint density at radius 2 is 1.35 bits per heavy atom. The van der Waals surface area contributed by atoms with Gasteiger partial charge in [-0.1, -0.05) is 103 Å². The van der Waals surface area contributed by atoms with Crippen LogP contribution in [0.25, 0.3) is 0 Å². The zero-order valence-electron chi connectivity index (χ0n) is 20.9. The second-order valence-corrected chi connectivity index (χ2v) is 9.70. The van der Waals surface area contributed by atoms with Crippen molar-refractivity contribution in [1.29, 1.82) is 0 Å². The van der Waals surface area contributed by atoms with Crippen LogP contribution < -0.4 is 16.4 Å². The summed E-state index contributed by atoms with van der Waals surface area (Å²) in [4.78, 5) is 25.6. The van der Waals surface area contributed by atoms with Crippen LogP contribution in [0.3, 0.4) is 0 Å². The number of carbonyl (C=O) groups is 2. The summed E-state index contributed by atoms with van der Waals surface area (Å²) in [5.41, 5.74) is 6.66. The third-order valence-corrected chi connectivity index (χ3v) is 6.68. The summed E-state index contributed by atoms with van der Waals surface area (Å²) in [6.45, 7) is 0.647. The molecular formula is C30H35N3O3S. The van der Waals surface area contributed by atoms with E-state index in [4.69, 9.17) is 18.0 Å². The Kier molecular flexibility index (Phi) is 10.8. The van der Waals surface area contributed by atoms with Gasteiger partial charge in [0.05, 0.1) is 17.5 Å². The lowest BCUT2D eigenvalue weighted by Crippen LogP contribution is -2.56. The van der Waals surface area contributed by atoms with Gasteiger partial charge in [0.1, 0.15) is 0 Å². The molecule has 0 saturated heterocycles. The Hall–Kier alpha value is -3.55. The highest BCUT2D eigenvalue weighted by molar-refractivity contribution is 7.80. The monoisotopic (exact) mass is 517 g/mol. The molecule has 194 valence electrons. The Morgan fingerprint density at radius 1 is 0.838 bits per heavy atom. The Labute approximate surface area is 224 Å². The average molecular weight is 518 g/mol. The molecule has 7 heteroatoms. The van der Waals surface area contributed by atoms with E-state index in [0.29, 0.717) is 24.4 Å². The number of rotatable bonds is 14. The van der Waals surface area contributed by atoms with E-state index in [-0.39, 0.29) is 6.42 Å². The highest BCUT2D eigenvalue weighted by Crippen LogP contribution is 2.20. The van der Waals surface area contributed by atoms with Crippen LogP contribution in [0, 0.1) is 0 Å². The molecule has 2 amide bonds. The normalized spacial score (nSPS) is 13.2. The van der Waals surface area contributed by atoms with Gasteiger partial charge in [0.15, 0.2) is 5.60 Å². The number of primary amides is 1. The maximum absolute atomic E-state index is 13.4. The molecule has 0 saturated carbocycles. The molecule has 0 radical (unpaired) electrons. The van der Waals surface area contributed by atoms with Crippen LogP contribution in [0.4, 0.5) is 0 Å². The van der Waals surface area contributed by atoms with Gasteiger partial charge in [0.25, 0.3) is 5.91 Å². The lowest BCUT2D eigenvalue weighted by molar-refractivity contribution is -0.145. The van der Waals surface area contributed by atoms with Crippen molar-refractivity contribution in [3.8, 4) is 0 Å². The summed E-state index contributed by atoms with van der Waals surface area (Å²) >= 11 is 5.68. The van der Waals surface area contributed by atoms with Gasteiger partial charge in [-0.3, -0.25) is 9.59 Å². The third kappa shape index (κ3) is 9.44. The predicted molar refractivity (Wildman–Crippen MR) is 151 cm³/mol. The molecule has 0 aliphatic heterocycles. The number of hydrogen-bond acceptors (Lipinski definition) is 4. The summed E-state index contributed by atoms with van der Waals surface area (Å²) in [7, 11) is 0. The van der Waals surface area contributed by atoms with Gasteiger partial charge in [-0.25, -0.2) is 0 Å². The number of aliphatic hydroxyl groups is 1. The minimum Gasteiger partial charge on any atom is -0.379 e. The van der Waals surface area contributed by atoms with E-state index < -0.39 is 29.9 Å². The van der Waals surface area contributed by atoms with E-state index in [0.717, 1.165) is 24.0 Å². The zero-order chi connectivity index (χ0) is 26.5. The van der Waals surface area contributed by atoms with Gasteiger partial charge < -0.3 is 21.5 Å². The summed E-state index contributed by atoms with van der Waals surface area (Å²) in [6, 6.07) is 28.8.